The van der Waals surface area contributed by atoms with E-state index in [-0.39, 0.29) is 18.1 Å². The first-order chi connectivity index (χ1) is 10.0. The highest BCUT2D eigenvalue weighted by Gasteiger charge is 2.11. The number of carbonyl (C=O) groups excluding carboxylic acids is 1. The summed E-state index contributed by atoms with van der Waals surface area (Å²) in [4.78, 5) is 21.5. The van der Waals surface area contributed by atoms with E-state index in [1.165, 1.54) is 16.9 Å². The van der Waals surface area contributed by atoms with Crippen LogP contribution in [0.3, 0.4) is 0 Å². The SMILES string of the molecule is O=C(CCn1ccc([N+](=O)[O-])n1)NCCn1cc(Br)cn1. The number of nitrogens with one attached hydrogen (secondary N) is 1. The minimum atomic E-state index is -0.571. The van der Waals surface area contributed by atoms with Crippen molar-refractivity contribution in [2.75, 3.05) is 6.54 Å². The predicted octanol–water partition coefficient (Wildman–Crippen LogP) is 0.957. The fourth-order valence-corrected chi connectivity index (χ4v) is 1.98. The molecule has 9 nitrogen and oxygen atoms in total. The topological polar surface area (TPSA) is 108 Å². The maximum Gasteiger partial charge on any atom is 0.389 e. The number of rotatable bonds is 7. The fraction of sp³-hybridized carbons (Fsp3) is 0.364. The van der Waals surface area contributed by atoms with Gasteiger partial charge in [0.05, 0.1) is 41.1 Å². The van der Waals surface area contributed by atoms with Crippen molar-refractivity contribution in [2.45, 2.75) is 19.5 Å². The summed E-state index contributed by atoms with van der Waals surface area (Å²) in [6, 6.07) is 1.30. The molecule has 0 saturated carbocycles. The lowest BCUT2D eigenvalue weighted by Crippen LogP contribution is -2.28. The van der Waals surface area contributed by atoms with Crippen molar-refractivity contribution in [3.05, 3.63) is 39.2 Å². The maximum absolute atomic E-state index is 11.6. The van der Waals surface area contributed by atoms with Crippen molar-refractivity contribution in [3.63, 3.8) is 0 Å². The van der Waals surface area contributed by atoms with Crippen LogP contribution in [0.4, 0.5) is 5.82 Å². The van der Waals surface area contributed by atoms with Gasteiger partial charge in [-0.3, -0.25) is 9.48 Å². The van der Waals surface area contributed by atoms with Gasteiger partial charge in [-0.15, -0.1) is 0 Å². The van der Waals surface area contributed by atoms with Gasteiger partial charge in [0, 0.05) is 19.2 Å². The Bertz CT molecular complexity index is 637. The molecule has 0 bridgehead atoms. The van der Waals surface area contributed by atoms with E-state index in [0.717, 1.165) is 4.47 Å². The number of nitrogens with zero attached hydrogens (tertiary/aromatic N) is 5. The summed E-state index contributed by atoms with van der Waals surface area (Å²) in [5.41, 5.74) is 0. The second kappa shape index (κ2) is 6.97. The van der Waals surface area contributed by atoms with Gasteiger partial charge in [0.25, 0.3) is 0 Å². The largest absolute Gasteiger partial charge is 0.389 e. The molecule has 1 N–H and O–H groups in total. The Balaban J connectivity index is 1.68. The van der Waals surface area contributed by atoms with Crippen LogP contribution >= 0.6 is 15.9 Å². The molecule has 2 aromatic heterocycles. The zero-order valence-corrected chi connectivity index (χ0v) is 12.6. The Labute approximate surface area is 128 Å². The smallest absolute Gasteiger partial charge is 0.358 e. The van der Waals surface area contributed by atoms with Crippen molar-refractivity contribution in [1.82, 2.24) is 24.9 Å². The van der Waals surface area contributed by atoms with Crippen LogP contribution in [0.15, 0.2) is 29.1 Å². The van der Waals surface area contributed by atoms with Gasteiger partial charge in [-0.2, -0.15) is 9.78 Å². The summed E-state index contributed by atoms with van der Waals surface area (Å²) >= 11 is 3.29. The third-order valence-electron chi connectivity index (χ3n) is 2.65. The molecule has 0 radical (unpaired) electrons. The normalized spacial score (nSPS) is 10.5. The summed E-state index contributed by atoms with van der Waals surface area (Å²) in [6.45, 7) is 1.34. The second-order valence-electron chi connectivity index (χ2n) is 4.22. The maximum atomic E-state index is 11.6. The van der Waals surface area contributed by atoms with Gasteiger partial charge in [0.15, 0.2) is 0 Å². The van der Waals surface area contributed by atoms with Gasteiger partial charge in [-0.25, -0.2) is 0 Å². The zero-order valence-electron chi connectivity index (χ0n) is 11.0. The molecule has 1 amide bonds. The Morgan fingerprint density at radius 3 is 2.86 bits per heavy atom. The van der Waals surface area contributed by atoms with Crippen LogP contribution in [-0.4, -0.2) is 36.9 Å². The molecule has 0 unspecified atom stereocenters. The number of carbonyl (C=O) groups is 1. The van der Waals surface area contributed by atoms with Gasteiger partial charge in [0.2, 0.25) is 5.91 Å². The third kappa shape index (κ3) is 4.67. The van der Waals surface area contributed by atoms with Crippen molar-refractivity contribution in [1.29, 1.82) is 0 Å². The Kier molecular flexibility index (Phi) is 5.04. The monoisotopic (exact) mass is 356 g/mol. The lowest BCUT2D eigenvalue weighted by Gasteiger charge is -2.04. The molecule has 0 atom stereocenters. The summed E-state index contributed by atoms with van der Waals surface area (Å²) in [6.07, 6.45) is 5.18. The minimum Gasteiger partial charge on any atom is -0.358 e. The molecule has 10 heteroatoms. The molecule has 0 saturated heterocycles. The molecule has 21 heavy (non-hydrogen) atoms. The van der Waals surface area contributed by atoms with Crippen molar-refractivity contribution < 1.29 is 9.72 Å². The number of hydrogen-bond donors (Lipinski definition) is 1. The van der Waals surface area contributed by atoms with E-state index in [9.17, 15) is 14.9 Å². The van der Waals surface area contributed by atoms with Gasteiger partial charge in [-0.1, -0.05) is 0 Å². The summed E-state index contributed by atoms with van der Waals surface area (Å²) < 4.78 is 3.97. The average Bonchev–Trinajstić information content (AvgIpc) is 3.05. The van der Waals surface area contributed by atoms with E-state index < -0.39 is 4.92 Å². The number of amides is 1. The quantitative estimate of drug-likeness (QED) is 0.587. The number of aromatic nitrogens is 4. The Hall–Kier alpha value is -2.23. The van der Waals surface area contributed by atoms with E-state index in [1.807, 2.05) is 6.20 Å². The van der Waals surface area contributed by atoms with E-state index in [2.05, 4.69) is 31.4 Å². The minimum absolute atomic E-state index is 0.139. The number of halogens is 1. The fourth-order valence-electron chi connectivity index (χ4n) is 1.65. The first-order valence-corrected chi connectivity index (χ1v) is 6.96. The van der Waals surface area contributed by atoms with E-state index in [4.69, 9.17) is 0 Å². The molecular weight excluding hydrogens is 344 g/mol. The van der Waals surface area contributed by atoms with Gasteiger partial charge in [0.1, 0.15) is 0 Å². The Morgan fingerprint density at radius 2 is 2.24 bits per heavy atom. The molecule has 2 aromatic rings. The van der Waals surface area contributed by atoms with Crippen molar-refractivity contribution in [3.8, 4) is 0 Å². The van der Waals surface area contributed by atoms with Crippen LogP contribution in [0.25, 0.3) is 0 Å². The summed E-state index contributed by atoms with van der Waals surface area (Å²) in [5, 5.41) is 21.0. The molecule has 0 aliphatic heterocycles. The van der Waals surface area contributed by atoms with Crippen molar-refractivity contribution >= 4 is 27.7 Å². The van der Waals surface area contributed by atoms with Crippen LogP contribution in [0.1, 0.15) is 6.42 Å². The van der Waals surface area contributed by atoms with E-state index in [0.29, 0.717) is 19.6 Å². The standard InChI is InChI=1S/C11H13BrN6O3/c12-9-7-14-17(8-9)6-3-13-11(19)2-5-16-4-1-10(15-16)18(20)21/h1,4,7-8H,2-3,5-6H2,(H,13,19). The molecule has 2 rings (SSSR count). The molecule has 112 valence electrons. The van der Waals surface area contributed by atoms with Crippen LogP contribution in [0, 0.1) is 10.1 Å². The van der Waals surface area contributed by atoms with Crippen LogP contribution < -0.4 is 5.32 Å². The highest BCUT2D eigenvalue weighted by atomic mass is 79.9. The number of nitro groups is 1. The highest BCUT2D eigenvalue weighted by molar-refractivity contribution is 9.10. The van der Waals surface area contributed by atoms with Crippen molar-refractivity contribution in [2.24, 2.45) is 0 Å². The number of aryl methyl sites for hydroxylation is 1. The summed E-state index contributed by atoms with van der Waals surface area (Å²) in [5.74, 6) is -0.362. The van der Waals surface area contributed by atoms with Gasteiger partial charge in [-0.05, 0) is 20.9 Å². The summed E-state index contributed by atoms with van der Waals surface area (Å²) in [7, 11) is 0. The van der Waals surface area contributed by atoms with Crippen LogP contribution in [-0.2, 0) is 17.9 Å². The molecule has 0 spiro atoms. The zero-order chi connectivity index (χ0) is 15.2. The molecule has 0 aromatic carbocycles. The lowest BCUT2D eigenvalue weighted by molar-refractivity contribution is -0.389. The van der Waals surface area contributed by atoms with Gasteiger partial charge < -0.3 is 15.4 Å². The van der Waals surface area contributed by atoms with Gasteiger partial charge >= 0.3 is 5.82 Å². The highest BCUT2D eigenvalue weighted by Crippen LogP contribution is 2.06. The van der Waals surface area contributed by atoms with E-state index >= 15 is 0 Å². The number of hydrogen-bond acceptors (Lipinski definition) is 5. The first kappa shape index (κ1) is 15.2. The molecule has 0 fully saturated rings. The average molecular weight is 357 g/mol. The molecule has 0 aliphatic rings. The van der Waals surface area contributed by atoms with Crippen LogP contribution in [0.2, 0.25) is 0 Å². The lowest BCUT2D eigenvalue weighted by atomic mass is 10.4. The first-order valence-electron chi connectivity index (χ1n) is 6.17. The molecular formula is C11H13BrN6O3. The molecule has 0 aliphatic carbocycles. The third-order valence-corrected chi connectivity index (χ3v) is 3.06. The predicted molar refractivity (Wildman–Crippen MR) is 76.4 cm³/mol. The van der Waals surface area contributed by atoms with Crippen LogP contribution in [0.5, 0.6) is 0 Å². The second-order valence-corrected chi connectivity index (χ2v) is 5.13. The van der Waals surface area contributed by atoms with E-state index in [1.54, 1.807) is 10.9 Å². The molecule has 2 heterocycles. The Morgan fingerprint density at radius 1 is 1.43 bits per heavy atom.